The molecule has 0 aliphatic rings. The van der Waals surface area contributed by atoms with Crippen molar-refractivity contribution < 1.29 is 0 Å². The Hall–Kier alpha value is -1.57. The van der Waals surface area contributed by atoms with Crippen molar-refractivity contribution in [2.45, 2.75) is 55.4 Å². The predicted octanol–water partition coefficient (Wildman–Crippen LogP) is 3.53. The lowest BCUT2D eigenvalue weighted by atomic mass is 10.2. The number of aromatic amines is 1. The third-order valence-corrected chi connectivity index (χ3v) is 1.81. The average Bonchev–Trinajstić information content (AvgIpc) is 2.45. The summed E-state index contributed by atoms with van der Waals surface area (Å²) in [5.41, 5.74) is 0.913. The molecule has 0 aromatic carbocycles. The van der Waals surface area contributed by atoms with Crippen LogP contribution in [-0.2, 0) is 0 Å². The quantitative estimate of drug-likeness (QED) is 0.828. The molecular formula is C17H31NO. The monoisotopic (exact) mass is 265 g/mol. The molecule has 2 nitrogen and oxygen atoms in total. The zero-order valence-corrected chi connectivity index (χ0v) is 13.9. The molecule has 0 saturated heterocycles. The van der Waals surface area contributed by atoms with Gasteiger partial charge < -0.3 is 4.98 Å². The molecule has 0 spiro atoms. The summed E-state index contributed by atoms with van der Waals surface area (Å²) in [5.74, 6) is 0. The molecule has 1 rings (SSSR count). The highest BCUT2D eigenvalue weighted by molar-refractivity contribution is 5.35. The number of H-pyrrole nitrogens is 1. The van der Waals surface area contributed by atoms with Crippen LogP contribution in [0.15, 0.2) is 23.5 Å². The van der Waals surface area contributed by atoms with Crippen LogP contribution in [-0.4, -0.2) is 4.98 Å². The lowest BCUT2D eigenvalue weighted by Gasteiger charge is -1.93. The molecule has 0 aliphatic heterocycles. The zero-order valence-electron chi connectivity index (χ0n) is 13.9. The maximum Gasteiger partial charge on any atom is 0.189 e. The highest BCUT2D eigenvalue weighted by Crippen LogP contribution is 1.76. The van der Waals surface area contributed by atoms with Gasteiger partial charge in [-0.1, -0.05) is 60.3 Å². The number of rotatable bonds is 1. The van der Waals surface area contributed by atoms with Crippen LogP contribution >= 0.6 is 0 Å². The van der Waals surface area contributed by atoms with E-state index in [0.29, 0.717) is 5.22 Å². The molecule has 0 aliphatic carbocycles. The summed E-state index contributed by atoms with van der Waals surface area (Å²) in [6.45, 7) is 19.3. The molecule has 0 fully saturated rings. The second-order valence-electron chi connectivity index (χ2n) is 2.83. The zero-order chi connectivity index (χ0) is 15.8. The fourth-order valence-electron chi connectivity index (χ4n) is 1.27. The highest BCUT2D eigenvalue weighted by atomic mass is 16.1. The Kier molecular flexibility index (Phi) is 19.5. The molecule has 0 bridgehead atoms. The van der Waals surface area contributed by atoms with Crippen LogP contribution in [0.3, 0.4) is 0 Å². The van der Waals surface area contributed by atoms with Gasteiger partial charge in [0.05, 0.1) is 0 Å². The summed E-state index contributed by atoms with van der Waals surface area (Å²) in [7, 11) is 0. The van der Waals surface area contributed by atoms with Gasteiger partial charge in [0.2, 0.25) is 0 Å². The van der Waals surface area contributed by atoms with Gasteiger partial charge in [-0.2, -0.15) is 0 Å². The summed E-state index contributed by atoms with van der Waals surface area (Å²) >= 11 is 0. The molecular weight excluding hydrogens is 234 g/mol. The molecule has 0 amide bonds. The third kappa shape index (κ3) is 9.06. The number of aryl methyl sites for hydroxylation is 1. The van der Waals surface area contributed by atoms with Gasteiger partial charge in [0.1, 0.15) is 0 Å². The minimum atomic E-state index is 0.0480. The first-order valence-electron chi connectivity index (χ1n) is 7.18. The van der Waals surface area contributed by atoms with E-state index in [1.54, 1.807) is 24.3 Å². The average molecular weight is 265 g/mol. The maximum atomic E-state index is 11.5. The van der Waals surface area contributed by atoms with Gasteiger partial charge in [0.15, 0.2) is 5.43 Å². The van der Waals surface area contributed by atoms with E-state index in [0.717, 1.165) is 11.0 Å². The van der Waals surface area contributed by atoms with E-state index in [1.165, 1.54) is 0 Å². The van der Waals surface area contributed by atoms with Crippen LogP contribution in [0.25, 0.3) is 12.2 Å². The van der Waals surface area contributed by atoms with Crippen LogP contribution in [0.1, 0.15) is 54.2 Å². The fraction of sp³-hybridized carbons (Fsp3) is 0.471. The first-order valence-corrected chi connectivity index (χ1v) is 7.18. The Balaban J connectivity index is -0.000000375. The van der Waals surface area contributed by atoms with Crippen LogP contribution in [0.4, 0.5) is 0 Å². The lowest BCUT2D eigenvalue weighted by molar-refractivity contribution is 1.11. The van der Waals surface area contributed by atoms with Gasteiger partial charge in [-0.25, -0.2) is 0 Å². The fourth-order valence-corrected chi connectivity index (χ4v) is 1.27. The van der Waals surface area contributed by atoms with Crippen molar-refractivity contribution in [1.82, 2.24) is 4.98 Å². The van der Waals surface area contributed by atoms with E-state index < -0.39 is 0 Å². The first-order chi connectivity index (χ1) is 9.19. The molecule has 0 unspecified atom stereocenters. The Morgan fingerprint density at radius 3 is 1.95 bits per heavy atom. The molecule has 0 saturated carbocycles. The standard InChI is InChI=1S/C11H13NO.3C2H6/c1-4-6-10-9(5-2)11(13)7-8(3)12-10;3*1-2/h4-7,12H,1H2,2-3H3;3*1-2H3/b9-5+,10-6+;;;. The van der Waals surface area contributed by atoms with E-state index in [2.05, 4.69) is 11.6 Å². The molecule has 1 aromatic heterocycles. The number of hydrogen-bond donors (Lipinski definition) is 1. The minimum Gasteiger partial charge on any atom is -0.358 e. The van der Waals surface area contributed by atoms with E-state index >= 15 is 0 Å². The summed E-state index contributed by atoms with van der Waals surface area (Å²) in [6, 6.07) is 1.59. The third-order valence-electron chi connectivity index (χ3n) is 1.81. The molecule has 0 atom stereocenters. The van der Waals surface area contributed by atoms with Crippen molar-refractivity contribution in [3.63, 3.8) is 0 Å². The van der Waals surface area contributed by atoms with Crippen molar-refractivity contribution in [2.75, 3.05) is 0 Å². The van der Waals surface area contributed by atoms with Gasteiger partial charge in [-0.05, 0) is 19.9 Å². The van der Waals surface area contributed by atoms with Crippen molar-refractivity contribution in [3.05, 3.63) is 45.2 Å². The summed E-state index contributed by atoms with van der Waals surface area (Å²) in [4.78, 5) is 14.6. The van der Waals surface area contributed by atoms with Crippen molar-refractivity contribution in [2.24, 2.45) is 0 Å². The van der Waals surface area contributed by atoms with Gasteiger partial charge in [-0.15, -0.1) is 0 Å². The van der Waals surface area contributed by atoms with Crippen molar-refractivity contribution in [3.8, 4) is 0 Å². The topological polar surface area (TPSA) is 32.9 Å². The Labute approximate surface area is 118 Å². The first kappa shape index (κ1) is 22.6. The molecule has 1 aromatic rings. The predicted molar refractivity (Wildman–Crippen MR) is 89.9 cm³/mol. The van der Waals surface area contributed by atoms with Crippen molar-refractivity contribution in [1.29, 1.82) is 0 Å². The number of aromatic nitrogens is 1. The highest BCUT2D eigenvalue weighted by Gasteiger charge is 1.91. The van der Waals surface area contributed by atoms with Gasteiger partial charge in [-0.3, -0.25) is 4.79 Å². The van der Waals surface area contributed by atoms with Crippen LogP contribution in [0, 0.1) is 6.92 Å². The molecule has 110 valence electrons. The SMILES string of the molecule is C=C/C=c1/[nH]c(C)cc(=O)/c1=C/C.CC.CC.CC. The lowest BCUT2D eigenvalue weighted by Crippen LogP contribution is -2.40. The van der Waals surface area contributed by atoms with Crippen LogP contribution in [0.2, 0.25) is 0 Å². The Morgan fingerprint density at radius 2 is 1.58 bits per heavy atom. The number of hydrogen-bond acceptors (Lipinski definition) is 1. The van der Waals surface area contributed by atoms with E-state index in [-0.39, 0.29) is 5.43 Å². The van der Waals surface area contributed by atoms with Crippen molar-refractivity contribution >= 4 is 12.2 Å². The normalized spacial score (nSPS) is 10.1. The molecule has 1 N–H and O–H groups in total. The van der Waals surface area contributed by atoms with Gasteiger partial charge >= 0.3 is 0 Å². The number of allylic oxidation sites excluding steroid dienone is 1. The Morgan fingerprint density at radius 1 is 1.11 bits per heavy atom. The number of pyridine rings is 1. The molecule has 2 heteroatoms. The molecule has 1 heterocycles. The van der Waals surface area contributed by atoms with Crippen LogP contribution < -0.4 is 16.0 Å². The second-order valence-corrected chi connectivity index (χ2v) is 2.83. The van der Waals surface area contributed by atoms with E-state index in [9.17, 15) is 4.79 Å². The number of nitrogens with one attached hydrogen (secondary N) is 1. The van der Waals surface area contributed by atoms with E-state index in [4.69, 9.17) is 0 Å². The van der Waals surface area contributed by atoms with Gasteiger partial charge in [0, 0.05) is 22.3 Å². The van der Waals surface area contributed by atoms with E-state index in [1.807, 2.05) is 55.4 Å². The molecule has 19 heavy (non-hydrogen) atoms. The maximum absolute atomic E-state index is 11.5. The molecule has 0 radical (unpaired) electrons. The second kappa shape index (κ2) is 16.4. The minimum absolute atomic E-state index is 0.0480. The van der Waals surface area contributed by atoms with Crippen LogP contribution in [0.5, 0.6) is 0 Å². The summed E-state index contributed by atoms with van der Waals surface area (Å²) < 4.78 is 0. The Bertz CT molecular complexity index is 481. The smallest absolute Gasteiger partial charge is 0.189 e. The summed E-state index contributed by atoms with van der Waals surface area (Å²) in [5, 5.41) is 1.52. The summed E-state index contributed by atoms with van der Waals surface area (Å²) in [6.07, 6.45) is 5.26. The van der Waals surface area contributed by atoms with Gasteiger partial charge in [0.25, 0.3) is 0 Å². The largest absolute Gasteiger partial charge is 0.358 e.